The zero-order chi connectivity index (χ0) is 7.56. The number of nitrogens with one attached hydrogen (secondary N) is 1. The van der Waals surface area contributed by atoms with Crippen LogP contribution < -0.4 is 10.3 Å². The van der Waals surface area contributed by atoms with E-state index in [1.807, 2.05) is 23.9 Å². The quantitative estimate of drug-likeness (QED) is 0.576. The predicted molar refractivity (Wildman–Crippen MR) is 39.2 cm³/mol. The van der Waals surface area contributed by atoms with Gasteiger partial charge in [0, 0.05) is 6.92 Å². The van der Waals surface area contributed by atoms with Gasteiger partial charge in [-0.3, -0.25) is 5.73 Å². The predicted octanol–water partition coefficient (Wildman–Crippen LogP) is 0.478. The van der Waals surface area contributed by atoms with Crippen molar-refractivity contribution in [3.05, 3.63) is 18.2 Å². The lowest BCUT2D eigenvalue weighted by Crippen LogP contribution is -2.45. The fraction of sp³-hybridized carbons (Fsp3) is 0.571. The minimum Gasteiger partial charge on any atom is -0.293 e. The van der Waals surface area contributed by atoms with Crippen molar-refractivity contribution < 1.29 is 4.57 Å². The van der Waals surface area contributed by atoms with Crippen molar-refractivity contribution in [3.63, 3.8) is 0 Å². The van der Waals surface area contributed by atoms with Crippen molar-refractivity contribution in [1.29, 1.82) is 0 Å². The molecule has 0 amide bonds. The first-order chi connectivity index (χ1) is 4.75. The number of aromatic nitrogens is 2. The van der Waals surface area contributed by atoms with Crippen molar-refractivity contribution >= 4 is 0 Å². The first-order valence-corrected chi connectivity index (χ1v) is 3.56. The van der Waals surface area contributed by atoms with Crippen molar-refractivity contribution in [3.8, 4) is 0 Å². The molecule has 10 heavy (non-hydrogen) atoms. The Morgan fingerprint density at radius 2 is 2.50 bits per heavy atom. The first kappa shape index (κ1) is 7.28. The summed E-state index contributed by atoms with van der Waals surface area (Å²) in [7, 11) is 0. The van der Waals surface area contributed by atoms with Gasteiger partial charge in [0.05, 0.1) is 0 Å². The van der Waals surface area contributed by atoms with E-state index in [2.05, 4.69) is 11.9 Å². The van der Waals surface area contributed by atoms with Gasteiger partial charge in [-0.05, 0) is 6.42 Å². The van der Waals surface area contributed by atoms with Crippen LogP contribution >= 0.6 is 0 Å². The molecular formula is C7H14N3+. The summed E-state index contributed by atoms with van der Waals surface area (Å²) in [6.45, 7) is 4.08. The highest BCUT2D eigenvalue weighted by Crippen LogP contribution is 1.93. The third-order valence-corrected chi connectivity index (χ3v) is 1.69. The monoisotopic (exact) mass is 140 g/mol. The van der Waals surface area contributed by atoms with E-state index in [0.717, 1.165) is 12.2 Å². The molecule has 1 heterocycles. The molecule has 0 aliphatic rings. The van der Waals surface area contributed by atoms with E-state index in [1.54, 1.807) is 0 Å². The molecule has 1 aromatic rings. The molecule has 1 unspecified atom stereocenters. The number of hydrogen-bond donors (Lipinski definition) is 2. The van der Waals surface area contributed by atoms with Crippen LogP contribution in [-0.4, -0.2) is 4.98 Å². The lowest BCUT2D eigenvalue weighted by molar-refractivity contribution is -0.727. The van der Waals surface area contributed by atoms with Crippen LogP contribution in [0.15, 0.2) is 12.4 Å². The number of H-pyrrole nitrogens is 1. The van der Waals surface area contributed by atoms with Crippen LogP contribution in [0.4, 0.5) is 0 Å². The zero-order valence-electron chi connectivity index (χ0n) is 6.46. The molecule has 56 valence electrons. The van der Waals surface area contributed by atoms with E-state index in [9.17, 15) is 0 Å². The number of aromatic amines is 1. The molecule has 0 saturated heterocycles. The van der Waals surface area contributed by atoms with Gasteiger partial charge in [0.15, 0.2) is 6.17 Å². The SMILES string of the molecule is CCC(N)[n+]1cc[nH]c1C. The maximum absolute atomic E-state index is 5.78. The van der Waals surface area contributed by atoms with Crippen LogP contribution in [-0.2, 0) is 0 Å². The first-order valence-electron chi connectivity index (χ1n) is 3.56. The van der Waals surface area contributed by atoms with Crippen LogP contribution in [0.1, 0.15) is 25.3 Å². The molecular weight excluding hydrogens is 126 g/mol. The van der Waals surface area contributed by atoms with E-state index in [1.165, 1.54) is 0 Å². The van der Waals surface area contributed by atoms with Gasteiger partial charge in [-0.1, -0.05) is 6.92 Å². The second-order valence-electron chi connectivity index (χ2n) is 2.43. The molecule has 0 saturated carbocycles. The summed E-state index contributed by atoms with van der Waals surface area (Å²) >= 11 is 0. The van der Waals surface area contributed by atoms with E-state index < -0.39 is 0 Å². The molecule has 1 aromatic heterocycles. The number of aryl methyl sites for hydroxylation is 1. The van der Waals surface area contributed by atoms with E-state index >= 15 is 0 Å². The van der Waals surface area contributed by atoms with E-state index in [-0.39, 0.29) is 6.17 Å². The molecule has 0 aliphatic heterocycles. The molecule has 0 aromatic carbocycles. The van der Waals surface area contributed by atoms with Gasteiger partial charge < -0.3 is 0 Å². The number of rotatable bonds is 2. The fourth-order valence-corrected chi connectivity index (χ4v) is 0.980. The summed E-state index contributed by atoms with van der Waals surface area (Å²) in [6.07, 6.45) is 4.93. The summed E-state index contributed by atoms with van der Waals surface area (Å²) in [6, 6.07) is 0. The molecule has 1 atom stereocenters. The third-order valence-electron chi connectivity index (χ3n) is 1.69. The van der Waals surface area contributed by atoms with Crippen LogP contribution in [0.3, 0.4) is 0 Å². The fourth-order valence-electron chi connectivity index (χ4n) is 0.980. The second kappa shape index (κ2) is 2.84. The molecule has 0 aliphatic carbocycles. The highest BCUT2D eigenvalue weighted by molar-refractivity contribution is 4.71. The summed E-state index contributed by atoms with van der Waals surface area (Å²) in [5.74, 6) is 1.11. The van der Waals surface area contributed by atoms with Gasteiger partial charge in [0.2, 0.25) is 0 Å². The average Bonchev–Trinajstić information content (AvgIpc) is 2.34. The van der Waals surface area contributed by atoms with Crippen LogP contribution in [0.2, 0.25) is 0 Å². The Hall–Kier alpha value is -0.830. The number of nitrogens with zero attached hydrogens (tertiary/aromatic N) is 1. The summed E-state index contributed by atoms with van der Waals surface area (Å²) in [5.41, 5.74) is 5.78. The lowest BCUT2D eigenvalue weighted by atomic mass is 10.4. The summed E-state index contributed by atoms with van der Waals surface area (Å²) < 4.78 is 2.03. The molecule has 1 rings (SSSR count). The van der Waals surface area contributed by atoms with E-state index in [0.29, 0.717) is 0 Å². The van der Waals surface area contributed by atoms with Crippen molar-refractivity contribution in [1.82, 2.24) is 4.98 Å². The zero-order valence-corrected chi connectivity index (χ0v) is 6.46. The van der Waals surface area contributed by atoms with Crippen LogP contribution in [0.25, 0.3) is 0 Å². The largest absolute Gasteiger partial charge is 0.293 e. The van der Waals surface area contributed by atoms with E-state index in [4.69, 9.17) is 5.73 Å². The summed E-state index contributed by atoms with van der Waals surface area (Å²) in [4.78, 5) is 3.07. The van der Waals surface area contributed by atoms with Crippen molar-refractivity contribution in [2.75, 3.05) is 0 Å². The minimum atomic E-state index is 0.117. The Labute approximate surface area is 60.9 Å². The topological polar surface area (TPSA) is 45.7 Å². The molecule has 3 heteroatoms. The van der Waals surface area contributed by atoms with Gasteiger partial charge in [-0.25, -0.2) is 9.55 Å². The molecule has 0 bridgehead atoms. The Morgan fingerprint density at radius 1 is 1.80 bits per heavy atom. The van der Waals surface area contributed by atoms with Gasteiger partial charge >= 0.3 is 0 Å². The van der Waals surface area contributed by atoms with Crippen molar-refractivity contribution in [2.45, 2.75) is 26.4 Å². The number of nitrogens with two attached hydrogens (primary N) is 1. The van der Waals surface area contributed by atoms with Crippen LogP contribution in [0, 0.1) is 6.92 Å². The smallest absolute Gasteiger partial charge is 0.252 e. The van der Waals surface area contributed by atoms with Gasteiger partial charge in [0.25, 0.3) is 5.82 Å². The Balaban J connectivity index is 2.82. The minimum absolute atomic E-state index is 0.117. The third kappa shape index (κ3) is 1.19. The standard InChI is InChI=1S/C7H13N3/c1-3-7(8)10-5-4-9-6(10)2/h4-5,7H,3,8H2,1-2H3/p+1. The number of hydrogen-bond acceptors (Lipinski definition) is 1. The lowest BCUT2D eigenvalue weighted by Gasteiger charge is -2.04. The normalized spacial score (nSPS) is 13.5. The molecule has 0 spiro atoms. The van der Waals surface area contributed by atoms with Gasteiger partial charge in [0.1, 0.15) is 12.4 Å². The maximum Gasteiger partial charge on any atom is 0.252 e. The molecule has 0 radical (unpaired) electrons. The highest BCUT2D eigenvalue weighted by atomic mass is 15.1. The highest BCUT2D eigenvalue weighted by Gasteiger charge is 2.10. The Bertz CT molecular complexity index is 204. The molecule has 3 nitrogen and oxygen atoms in total. The Morgan fingerprint density at radius 3 is 2.90 bits per heavy atom. The maximum atomic E-state index is 5.78. The average molecular weight is 140 g/mol. The van der Waals surface area contributed by atoms with Crippen LogP contribution in [0.5, 0.6) is 0 Å². The van der Waals surface area contributed by atoms with Crippen molar-refractivity contribution in [2.24, 2.45) is 5.73 Å². The molecule has 0 fully saturated rings. The van der Waals surface area contributed by atoms with Gasteiger partial charge in [-0.15, -0.1) is 0 Å². The van der Waals surface area contributed by atoms with Gasteiger partial charge in [-0.2, -0.15) is 0 Å². The Kier molecular flexibility index (Phi) is 2.06. The number of imidazole rings is 1. The molecule has 3 N–H and O–H groups in total. The summed E-state index contributed by atoms with van der Waals surface area (Å²) in [5, 5.41) is 0. The second-order valence-corrected chi connectivity index (χ2v) is 2.43.